The van der Waals surface area contributed by atoms with Crippen LogP contribution >= 0.6 is 0 Å². The summed E-state index contributed by atoms with van der Waals surface area (Å²) in [6.07, 6.45) is 37.0. The van der Waals surface area contributed by atoms with Gasteiger partial charge in [-0.1, -0.05) is 155 Å². The minimum atomic E-state index is -3.92. The number of amides is 1. The van der Waals surface area contributed by atoms with E-state index >= 15 is 0 Å². The normalized spacial score (nSPS) is 11.8. The standard InChI is InChI=1S/C35H72N2O.CH4O3S/c1-5-7-9-11-13-15-17-19-20-22-24-26-28-31-35(38)36-32-30-34-37(3,4)33-29-27-25-23-21-18-16-14-12-10-8-6-2;1-5(2,3)4/h5-34H2,1-4H3;1H3,(H,2,3,4). The maximum absolute atomic E-state index is 12.1. The summed E-state index contributed by atoms with van der Waals surface area (Å²) < 4.78 is 28.3. The van der Waals surface area contributed by atoms with Gasteiger partial charge in [0.05, 0.1) is 37.3 Å². The Kier molecular flexibility index (Phi) is 33.8. The molecule has 0 saturated heterocycles. The lowest BCUT2D eigenvalue weighted by molar-refractivity contribution is -0.890. The van der Waals surface area contributed by atoms with E-state index in [1.165, 1.54) is 161 Å². The number of nitrogens with zero attached hydrogens (tertiary/aromatic N) is 1. The predicted octanol–water partition coefficient (Wildman–Crippen LogP) is 9.91. The number of quaternary nitrogens is 1. The van der Waals surface area contributed by atoms with E-state index in [2.05, 4.69) is 33.3 Å². The van der Waals surface area contributed by atoms with E-state index in [-0.39, 0.29) is 5.91 Å². The van der Waals surface area contributed by atoms with E-state index in [1.54, 1.807) is 0 Å². The van der Waals surface area contributed by atoms with Crippen molar-refractivity contribution >= 4 is 16.0 Å². The third-order valence-electron chi connectivity index (χ3n) is 8.39. The molecule has 0 heterocycles. The molecule has 0 bridgehead atoms. The second-order valence-electron chi connectivity index (χ2n) is 13.7. The first-order valence-electron chi connectivity index (χ1n) is 18.5. The van der Waals surface area contributed by atoms with Gasteiger partial charge in [-0.2, -0.15) is 0 Å². The van der Waals surface area contributed by atoms with Gasteiger partial charge in [0.15, 0.2) is 0 Å². The highest BCUT2D eigenvalue weighted by atomic mass is 32.2. The van der Waals surface area contributed by atoms with Crippen molar-refractivity contribution in [2.24, 2.45) is 0 Å². The maximum Gasteiger partial charge on any atom is 0.219 e. The van der Waals surface area contributed by atoms with Gasteiger partial charge in [-0.15, -0.1) is 0 Å². The number of rotatable bonds is 31. The largest absolute Gasteiger partial charge is 0.748 e. The Morgan fingerprint density at radius 2 is 0.814 bits per heavy atom. The van der Waals surface area contributed by atoms with Crippen LogP contribution in [0.5, 0.6) is 0 Å². The molecule has 43 heavy (non-hydrogen) atoms. The molecule has 0 aliphatic heterocycles. The Morgan fingerprint density at radius 1 is 0.535 bits per heavy atom. The molecule has 0 aliphatic rings. The first kappa shape index (κ1) is 44.5. The molecule has 6 nitrogen and oxygen atoms in total. The van der Waals surface area contributed by atoms with Gasteiger partial charge in [-0.05, 0) is 19.3 Å². The fourth-order valence-corrected chi connectivity index (χ4v) is 5.62. The van der Waals surface area contributed by atoms with Gasteiger partial charge in [0.1, 0.15) is 0 Å². The van der Waals surface area contributed by atoms with Crippen molar-refractivity contribution in [3.05, 3.63) is 0 Å². The fourth-order valence-electron chi connectivity index (χ4n) is 5.62. The summed E-state index contributed by atoms with van der Waals surface area (Å²) in [6, 6.07) is 0. The number of hydrogen-bond donors (Lipinski definition) is 1. The third kappa shape index (κ3) is 45.9. The number of unbranched alkanes of at least 4 members (excludes halogenated alkanes) is 23. The Labute approximate surface area is 270 Å². The molecular formula is C36H76N2O4S. The van der Waals surface area contributed by atoms with Crippen LogP contribution in [0.25, 0.3) is 0 Å². The van der Waals surface area contributed by atoms with Crippen LogP contribution in [0.15, 0.2) is 0 Å². The molecule has 7 heteroatoms. The van der Waals surface area contributed by atoms with Gasteiger partial charge in [-0.3, -0.25) is 4.79 Å². The Hall–Kier alpha value is -0.660. The second-order valence-corrected chi connectivity index (χ2v) is 15.1. The van der Waals surface area contributed by atoms with E-state index in [1.807, 2.05) is 0 Å². The van der Waals surface area contributed by atoms with Crippen LogP contribution in [0, 0.1) is 0 Å². The van der Waals surface area contributed by atoms with Crippen molar-refractivity contribution in [3.63, 3.8) is 0 Å². The number of carbonyl (C=O) groups excluding carboxylic acids is 1. The minimum absolute atomic E-state index is 0.263. The first-order valence-corrected chi connectivity index (χ1v) is 20.3. The number of hydrogen-bond acceptors (Lipinski definition) is 4. The quantitative estimate of drug-likeness (QED) is 0.0468. The van der Waals surface area contributed by atoms with Crippen molar-refractivity contribution < 1.29 is 22.2 Å². The molecule has 0 unspecified atom stereocenters. The molecule has 1 N–H and O–H groups in total. The lowest BCUT2D eigenvalue weighted by Gasteiger charge is -2.30. The zero-order valence-electron chi connectivity index (χ0n) is 29.7. The van der Waals surface area contributed by atoms with Gasteiger partial charge in [0, 0.05) is 25.6 Å². The van der Waals surface area contributed by atoms with E-state index in [0.29, 0.717) is 6.26 Å². The zero-order chi connectivity index (χ0) is 32.5. The van der Waals surface area contributed by atoms with Gasteiger partial charge in [0.2, 0.25) is 5.91 Å². The van der Waals surface area contributed by atoms with Crippen molar-refractivity contribution in [2.45, 2.75) is 187 Å². The molecule has 0 saturated carbocycles. The van der Waals surface area contributed by atoms with Gasteiger partial charge in [-0.25, -0.2) is 8.42 Å². The molecule has 0 aromatic rings. The molecule has 0 atom stereocenters. The van der Waals surface area contributed by atoms with Crippen LogP contribution in [0.4, 0.5) is 0 Å². The van der Waals surface area contributed by atoms with Gasteiger partial charge in [0.25, 0.3) is 0 Å². The second kappa shape index (κ2) is 32.7. The van der Waals surface area contributed by atoms with Crippen LogP contribution in [-0.2, 0) is 14.9 Å². The maximum atomic E-state index is 12.1. The van der Waals surface area contributed by atoms with Crippen molar-refractivity contribution in [1.29, 1.82) is 0 Å². The van der Waals surface area contributed by atoms with Gasteiger partial charge < -0.3 is 14.4 Å². The summed E-state index contributed by atoms with van der Waals surface area (Å²) in [4.78, 5) is 12.1. The smallest absolute Gasteiger partial charge is 0.219 e. The topological polar surface area (TPSA) is 86.3 Å². The highest BCUT2D eigenvalue weighted by Crippen LogP contribution is 2.14. The first-order chi connectivity index (χ1) is 20.5. The lowest BCUT2D eigenvalue weighted by Crippen LogP contribution is -2.42. The minimum Gasteiger partial charge on any atom is -0.748 e. The summed E-state index contributed by atoms with van der Waals surface area (Å²) >= 11 is 0. The molecule has 0 aliphatic carbocycles. The molecule has 0 aromatic carbocycles. The predicted molar refractivity (Wildman–Crippen MR) is 186 cm³/mol. The summed E-state index contributed by atoms with van der Waals surface area (Å²) in [5.41, 5.74) is 0. The Morgan fingerprint density at radius 3 is 1.16 bits per heavy atom. The van der Waals surface area contributed by atoms with Crippen LogP contribution in [0.3, 0.4) is 0 Å². The molecule has 0 spiro atoms. The summed E-state index contributed by atoms with van der Waals surface area (Å²) in [5.74, 6) is 0.263. The van der Waals surface area contributed by atoms with Crippen molar-refractivity contribution in [2.75, 3.05) is 40.0 Å². The zero-order valence-corrected chi connectivity index (χ0v) is 30.5. The molecule has 0 aromatic heterocycles. The van der Waals surface area contributed by atoms with Crippen molar-refractivity contribution in [3.8, 4) is 0 Å². The fraction of sp³-hybridized carbons (Fsp3) is 0.972. The number of nitrogens with one attached hydrogen (secondary N) is 1. The lowest BCUT2D eigenvalue weighted by atomic mass is 10.0. The highest BCUT2D eigenvalue weighted by Gasteiger charge is 2.14. The third-order valence-corrected chi connectivity index (χ3v) is 8.39. The molecule has 0 radical (unpaired) electrons. The average Bonchev–Trinajstić information content (AvgIpc) is 2.93. The van der Waals surface area contributed by atoms with E-state index < -0.39 is 10.1 Å². The summed E-state index contributed by atoms with van der Waals surface area (Å²) in [5, 5.41) is 3.16. The summed E-state index contributed by atoms with van der Waals surface area (Å²) in [7, 11) is 0.794. The monoisotopic (exact) mass is 633 g/mol. The molecule has 260 valence electrons. The van der Waals surface area contributed by atoms with Crippen LogP contribution in [0.2, 0.25) is 0 Å². The molecule has 1 amide bonds. The molecular weight excluding hydrogens is 556 g/mol. The van der Waals surface area contributed by atoms with E-state index in [0.717, 1.165) is 36.8 Å². The molecule has 0 fully saturated rings. The van der Waals surface area contributed by atoms with E-state index in [9.17, 15) is 4.79 Å². The van der Waals surface area contributed by atoms with Gasteiger partial charge >= 0.3 is 0 Å². The average molecular weight is 633 g/mol. The Bertz CT molecular complexity index is 675. The van der Waals surface area contributed by atoms with Crippen LogP contribution in [-0.4, -0.2) is 63.3 Å². The highest BCUT2D eigenvalue weighted by molar-refractivity contribution is 7.84. The van der Waals surface area contributed by atoms with E-state index in [4.69, 9.17) is 13.0 Å². The van der Waals surface area contributed by atoms with Crippen molar-refractivity contribution in [1.82, 2.24) is 5.32 Å². The number of carbonyl (C=O) groups is 1. The van der Waals surface area contributed by atoms with Crippen LogP contribution in [0.1, 0.15) is 187 Å². The SMILES string of the molecule is CCCCCCCCCCCCCCCC(=O)NCCC[N+](C)(C)CCCCCCCCCCCCCC.CS(=O)(=O)[O-]. The summed E-state index contributed by atoms with van der Waals surface area (Å²) in [6.45, 7) is 7.86. The molecule has 0 rings (SSSR count). The van der Waals surface area contributed by atoms with Crippen LogP contribution < -0.4 is 5.32 Å². The Balaban J connectivity index is 0.